The number of imide groups is 1. The van der Waals surface area contributed by atoms with Gasteiger partial charge in [0.25, 0.3) is 0 Å². The van der Waals surface area contributed by atoms with E-state index in [0.29, 0.717) is 0 Å². The van der Waals surface area contributed by atoms with Crippen LogP contribution < -0.4 is 0 Å². The molecule has 1 aliphatic heterocycles. The Balaban J connectivity index is 2.43. The second-order valence-electron chi connectivity index (χ2n) is 4.62. The summed E-state index contributed by atoms with van der Waals surface area (Å²) in [6.07, 6.45) is -4.53. The van der Waals surface area contributed by atoms with E-state index in [-0.39, 0.29) is 23.5 Å². The molecular weight excluding hydrogens is 259 g/mol. The molecule has 0 spiro atoms. The van der Waals surface area contributed by atoms with Crippen LogP contribution in [0.4, 0.5) is 13.2 Å². The van der Waals surface area contributed by atoms with Crippen molar-refractivity contribution >= 4 is 11.8 Å². The van der Waals surface area contributed by atoms with E-state index < -0.39 is 23.6 Å². The molecule has 1 aliphatic rings. The van der Waals surface area contributed by atoms with Gasteiger partial charge in [-0.2, -0.15) is 13.2 Å². The lowest BCUT2D eigenvalue weighted by molar-refractivity contribution is -0.139. The normalized spacial score (nSPS) is 20.3. The Morgan fingerprint density at radius 2 is 1.89 bits per heavy atom. The average molecular weight is 271 g/mol. The fourth-order valence-corrected chi connectivity index (χ4v) is 2.18. The Kier molecular flexibility index (Phi) is 3.12. The first-order chi connectivity index (χ1) is 8.71. The molecule has 1 fully saturated rings. The number of rotatable bonds is 1. The fraction of sp³-hybridized carbons (Fsp3) is 0.385. The van der Waals surface area contributed by atoms with Crippen molar-refractivity contribution in [1.29, 1.82) is 0 Å². The largest absolute Gasteiger partial charge is 0.416 e. The minimum Gasteiger partial charge on any atom is -0.285 e. The van der Waals surface area contributed by atoms with Crippen LogP contribution in [0.1, 0.15) is 29.0 Å². The summed E-state index contributed by atoms with van der Waals surface area (Å²) in [4.78, 5) is 24.1. The maximum absolute atomic E-state index is 12.8. The van der Waals surface area contributed by atoms with E-state index in [0.717, 1.165) is 11.0 Å². The molecule has 0 N–H and O–H groups in total. The van der Waals surface area contributed by atoms with Gasteiger partial charge in [0.2, 0.25) is 11.8 Å². The molecular formula is C13H12F3NO2. The minimum atomic E-state index is -4.46. The van der Waals surface area contributed by atoms with Gasteiger partial charge in [-0.15, -0.1) is 0 Å². The number of carbonyl (C=O) groups is 2. The third kappa shape index (κ3) is 2.34. The molecule has 3 nitrogen and oxygen atoms in total. The van der Waals surface area contributed by atoms with Crippen LogP contribution in [0.5, 0.6) is 0 Å². The molecule has 1 aromatic rings. The van der Waals surface area contributed by atoms with E-state index in [1.165, 1.54) is 26.1 Å². The van der Waals surface area contributed by atoms with Crippen molar-refractivity contribution in [3.05, 3.63) is 34.9 Å². The summed E-state index contributed by atoms with van der Waals surface area (Å²) in [5.41, 5.74) is -0.429. The van der Waals surface area contributed by atoms with Crippen LogP contribution in [0.3, 0.4) is 0 Å². The molecule has 1 atom stereocenters. The lowest BCUT2D eigenvalue weighted by Crippen LogP contribution is -2.25. The number of alkyl halides is 3. The molecule has 0 aliphatic carbocycles. The molecule has 0 bridgehead atoms. The highest BCUT2D eigenvalue weighted by Crippen LogP contribution is 2.36. The van der Waals surface area contributed by atoms with Crippen LogP contribution in [-0.4, -0.2) is 23.8 Å². The maximum atomic E-state index is 12.8. The van der Waals surface area contributed by atoms with Crippen molar-refractivity contribution in [2.24, 2.45) is 0 Å². The zero-order valence-corrected chi connectivity index (χ0v) is 10.4. The highest BCUT2D eigenvalue weighted by atomic mass is 19.4. The second kappa shape index (κ2) is 4.36. The average Bonchev–Trinajstić information content (AvgIpc) is 2.56. The highest BCUT2D eigenvalue weighted by Gasteiger charge is 2.39. The first-order valence-electron chi connectivity index (χ1n) is 5.70. The Morgan fingerprint density at radius 3 is 2.37 bits per heavy atom. The number of likely N-dealkylation sites (tertiary alicyclic amines) is 1. The van der Waals surface area contributed by atoms with Crippen molar-refractivity contribution in [2.75, 3.05) is 7.05 Å². The molecule has 0 aromatic heterocycles. The van der Waals surface area contributed by atoms with Crippen LogP contribution in [0.15, 0.2) is 18.2 Å². The first-order valence-corrected chi connectivity index (χ1v) is 5.70. The highest BCUT2D eigenvalue weighted by molar-refractivity contribution is 6.05. The summed E-state index contributed by atoms with van der Waals surface area (Å²) < 4.78 is 38.4. The van der Waals surface area contributed by atoms with E-state index >= 15 is 0 Å². The Labute approximate surface area is 108 Å². The number of nitrogens with zero attached hydrogens (tertiary/aromatic N) is 1. The van der Waals surface area contributed by atoms with Crippen LogP contribution in [0, 0.1) is 6.92 Å². The van der Waals surface area contributed by atoms with Gasteiger partial charge in [-0.3, -0.25) is 14.5 Å². The molecule has 1 saturated heterocycles. The Hall–Kier alpha value is -1.85. The van der Waals surface area contributed by atoms with E-state index in [9.17, 15) is 22.8 Å². The molecule has 1 aromatic carbocycles. The standard InChI is InChI=1S/C13H12F3NO2/c1-7-3-4-8(5-10(7)13(14,15)16)9-6-11(18)17(2)12(9)19/h3-5,9H,6H2,1-2H3. The van der Waals surface area contributed by atoms with Gasteiger partial charge >= 0.3 is 6.18 Å². The first kappa shape index (κ1) is 13.6. The summed E-state index contributed by atoms with van der Waals surface area (Å²) in [5.74, 6) is -1.63. The summed E-state index contributed by atoms with van der Waals surface area (Å²) in [6.45, 7) is 1.36. The summed E-state index contributed by atoms with van der Waals surface area (Å²) in [6, 6.07) is 3.76. The number of benzene rings is 1. The fourth-order valence-electron chi connectivity index (χ4n) is 2.18. The number of halogens is 3. The zero-order valence-electron chi connectivity index (χ0n) is 10.4. The van der Waals surface area contributed by atoms with E-state index in [1.807, 2.05) is 0 Å². The number of likely N-dealkylation sites (N-methyl/N-ethyl adjacent to an activating group) is 1. The molecule has 2 rings (SSSR count). The number of amides is 2. The minimum absolute atomic E-state index is 0.0737. The lowest BCUT2D eigenvalue weighted by Gasteiger charge is -2.14. The molecule has 6 heteroatoms. The van der Waals surface area contributed by atoms with Gasteiger partial charge < -0.3 is 0 Å². The molecule has 1 heterocycles. The molecule has 19 heavy (non-hydrogen) atoms. The van der Waals surface area contributed by atoms with Gasteiger partial charge in [-0.05, 0) is 24.1 Å². The predicted molar refractivity (Wildman–Crippen MR) is 61.3 cm³/mol. The SMILES string of the molecule is Cc1ccc(C2CC(=O)N(C)C2=O)cc1C(F)(F)F. The van der Waals surface area contributed by atoms with Gasteiger partial charge in [0, 0.05) is 13.5 Å². The maximum Gasteiger partial charge on any atom is 0.416 e. The summed E-state index contributed by atoms with van der Waals surface area (Å²) in [5, 5.41) is 0. The van der Waals surface area contributed by atoms with Gasteiger partial charge in [-0.25, -0.2) is 0 Å². The number of aryl methyl sites for hydroxylation is 1. The van der Waals surface area contributed by atoms with Crippen molar-refractivity contribution < 1.29 is 22.8 Å². The third-order valence-electron chi connectivity index (χ3n) is 3.35. The second-order valence-corrected chi connectivity index (χ2v) is 4.62. The van der Waals surface area contributed by atoms with Crippen molar-refractivity contribution in [2.45, 2.75) is 25.4 Å². The van der Waals surface area contributed by atoms with Crippen molar-refractivity contribution in [1.82, 2.24) is 4.90 Å². The van der Waals surface area contributed by atoms with Gasteiger partial charge in [-0.1, -0.05) is 12.1 Å². The number of hydrogen-bond donors (Lipinski definition) is 0. The number of hydrogen-bond acceptors (Lipinski definition) is 2. The van der Waals surface area contributed by atoms with E-state index in [2.05, 4.69) is 0 Å². The van der Waals surface area contributed by atoms with Gasteiger partial charge in [0.15, 0.2) is 0 Å². The quantitative estimate of drug-likeness (QED) is 0.736. The van der Waals surface area contributed by atoms with Crippen molar-refractivity contribution in [3.63, 3.8) is 0 Å². The van der Waals surface area contributed by atoms with Crippen molar-refractivity contribution in [3.8, 4) is 0 Å². The summed E-state index contributed by atoms with van der Waals surface area (Å²) in [7, 11) is 1.34. The van der Waals surface area contributed by atoms with E-state index in [4.69, 9.17) is 0 Å². The molecule has 102 valence electrons. The molecule has 1 unspecified atom stereocenters. The number of carbonyl (C=O) groups excluding carboxylic acids is 2. The van der Waals surface area contributed by atoms with E-state index in [1.54, 1.807) is 0 Å². The predicted octanol–water partition coefficient (Wildman–Crippen LogP) is 2.49. The third-order valence-corrected chi connectivity index (χ3v) is 3.35. The van der Waals surface area contributed by atoms with Crippen LogP contribution >= 0.6 is 0 Å². The monoisotopic (exact) mass is 271 g/mol. The summed E-state index contributed by atoms with van der Waals surface area (Å²) >= 11 is 0. The topological polar surface area (TPSA) is 37.4 Å². The van der Waals surface area contributed by atoms with Crippen LogP contribution in [0.2, 0.25) is 0 Å². The van der Waals surface area contributed by atoms with Gasteiger partial charge in [0.05, 0.1) is 11.5 Å². The van der Waals surface area contributed by atoms with Gasteiger partial charge in [0.1, 0.15) is 0 Å². The molecule has 0 radical (unpaired) electrons. The van der Waals surface area contributed by atoms with Crippen LogP contribution in [0.25, 0.3) is 0 Å². The Morgan fingerprint density at radius 1 is 1.26 bits per heavy atom. The molecule has 0 saturated carbocycles. The van der Waals surface area contributed by atoms with Crippen LogP contribution in [-0.2, 0) is 15.8 Å². The lowest BCUT2D eigenvalue weighted by atomic mass is 9.94. The smallest absolute Gasteiger partial charge is 0.285 e. The molecule has 2 amide bonds. The Bertz CT molecular complexity index is 551. The zero-order chi connectivity index (χ0) is 14.4.